The van der Waals surface area contributed by atoms with Crippen LogP contribution < -0.4 is 20.4 Å². The highest BCUT2D eigenvalue weighted by Gasteiger charge is 2.17. The second-order valence-corrected chi connectivity index (χ2v) is 8.52. The molecule has 11 heteroatoms. The van der Waals surface area contributed by atoms with Crippen LogP contribution in [-0.2, 0) is 4.74 Å². The van der Waals surface area contributed by atoms with Crippen molar-refractivity contribution in [2.24, 2.45) is 5.10 Å². The number of halogens is 2. The third-order valence-electron chi connectivity index (χ3n) is 4.56. The Morgan fingerprint density at radius 2 is 1.81 bits per heavy atom. The molecule has 2 N–H and O–H groups in total. The van der Waals surface area contributed by atoms with Crippen molar-refractivity contribution in [1.29, 1.82) is 0 Å². The minimum absolute atomic E-state index is 0.323. The molecule has 2 heterocycles. The van der Waals surface area contributed by atoms with E-state index in [0.29, 0.717) is 49.9 Å². The fourth-order valence-corrected chi connectivity index (χ4v) is 4.50. The van der Waals surface area contributed by atoms with Gasteiger partial charge in [0.1, 0.15) is 5.75 Å². The largest absolute Gasteiger partial charge is 0.495 e. The van der Waals surface area contributed by atoms with Crippen molar-refractivity contribution in [3.63, 3.8) is 0 Å². The molecule has 1 saturated heterocycles. The number of methoxy groups -OCH3 is 1. The number of nitrogens with one attached hydrogen (secondary N) is 2. The quantitative estimate of drug-likeness (QED) is 0.322. The zero-order valence-electron chi connectivity index (χ0n) is 17.3. The Labute approximate surface area is 202 Å². The highest BCUT2D eigenvalue weighted by molar-refractivity contribution is 9.11. The third kappa shape index (κ3) is 5.72. The van der Waals surface area contributed by atoms with Crippen LogP contribution in [0.1, 0.15) is 5.56 Å². The average molecular weight is 563 g/mol. The van der Waals surface area contributed by atoms with Crippen LogP contribution in [0.2, 0.25) is 0 Å². The lowest BCUT2D eigenvalue weighted by atomic mass is 10.2. The minimum Gasteiger partial charge on any atom is -0.495 e. The molecule has 32 heavy (non-hydrogen) atoms. The molecular formula is C21H21Br2N7O2. The maximum Gasteiger partial charge on any atom is 0.250 e. The molecule has 1 aliphatic heterocycles. The monoisotopic (exact) mass is 561 g/mol. The fourth-order valence-electron chi connectivity index (χ4n) is 3.08. The molecule has 3 aromatic rings. The first-order valence-electron chi connectivity index (χ1n) is 9.85. The maximum absolute atomic E-state index is 5.46. The first kappa shape index (κ1) is 22.4. The third-order valence-corrected chi connectivity index (χ3v) is 5.60. The van der Waals surface area contributed by atoms with Gasteiger partial charge in [0.2, 0.25) is 17.8 Å². The van der Waals surface area contributed by atoms with E-state index in [0.717, 1.165) is 20.2 Å². The summed E-state index contributed by atoms with van der Waals surface area (Å²) < 4.78 is 12.6. The highest BCUT2D eigenvalue weighted by atomic mass is 79.9. The Kier molecular flexibility index (Phi) is 7.51. The number of nitrogens with zero attached hydrogens (tertiary/aromatic N) is 5. The Bertz CT molecular complexity index is 1090. The summed E-state index contributed by atoms with van der Waals surface area (Å²) in [6.07, 6.45) is 1.65. The second-order valence-electron chi connectivity index (χ2n) is 6.75. The number of para-hydroxylation sites is 1. The molecule has 1 fully saturated rings. The topological polar surface area (TPSA) is 96.8 Å². The summed E-state index contributed by atoms with van der Waals surface area (Å²) >= 11 is 6.98. The van der Waals surface area contributed by atoms with Crippen molar-refractivity contribution in [3.05, 3.63) is 57.0 Å². The van der Waals surface area contributed by atoms with Crippen molar-refractivity contribution >= 4 is 61.6 Å². The van der Waals surface area contributed by atoms with Gasteiger partial charge in [0.15, 0.2) is 0 Å². The summed E-state index contributed by atoms with van der Waals surface area (Å²) in [6, 6.07) is 13.5. The summed E-state index contributed by atoms with van der Waals surface area (Å²) in [5.41, 5.74) is 4.58. The molecule has 2 aromatic carbocycles. The van der Waals surface area contributed by atoms with Gasteiger partial charge in [-0.1, -0.05) is 34.1 Å². The van der Waals surface area contributed by atoms with Gasteiger partial charge in [-0.25, -0.2) is 5.43 Å². The van der Waals surface area contributed by atoms with E-state index < -0.39 is 0 Å². The lowest BCUT2D eigenvalue weighted by Gasteiger charge is -2.27. The van der Waals surface area contributed by atoms with Gasteiger partial charge in [-0.05, 0) is 40.2 Å². The molecule has 0 bridgehead atoms. The molecule has 9 nitrogen and oxygen atoms in total. The van der Waals surface area contributed by atoms with Gasteiger partial charge >= 0.3 is 0 Å². The summed E-state index contributed by atoms with van der Waals surface area (Å²) in [6.45, 7) is 2.68. The number of morpholine rings is 1. The van der Waals surface area contributed by atoms with E-state index in [2.05, 4.69) is 67.6 Å². The number of benzene rings is 2. The SMILES string of the molecule is COc1c(Br)cc(Br)cc1/C=N\Nc1nc(Nc2ccccc2)nc(N2CCOCC2)n1. The zero-order valence-corrected chi connectivity index (χ0v) is 20.4. The van der Waals surface area contributed by atoms with Crippen molar-refractivity contribution in [1.82, 2.24) is 15.0 Å². The van der Waals surface area contributed by atoms with Gasteiger partial charge in [-0.15, -0.1) is 0 Å². The Morgan fingerprint density at radius 1 is 1.06 bits per heavy atom. The van der Waals surface area contributed by atoms with Crippen molar-refractivity contribution in [2.45, 2.75) is 0 Å². The summed E-state index contributed by atoms with van der Waals surface area (Å²) in [5.74, 6) is 1.98. The van der Waals surface area contributed by atoms with Crippen LogP contribution in [0.15, 0.2) is 56.5 Å². The predicted octanol–water partition coefficient (Wildman–Crippen LogP) is 4.43. The van der Waals surface area contributed by atoms with E-state index in [-0.39, 0.29) is 0 Å². The van der Waals surface area contributed by atoms with Crippen LogP contribution in [0.5, 0.6) is 5.75 Å². The number of hydrogen-bond acceptors (Lipinski definition) is 9. The normalized spacial score (nSPS) is 13.9. The number of hydrazone groups is 1. The molecule has 1 aliphatic rings. The van der Waals surface area contributed by atoms with Crippen LogP contribution in [-0.4, -0.2) is 54.6 Å². The van der Waals surface area contributed by atoms with Gasteiger partial charge in [0, 0.05) is 28.8 Å². The molecular weight excluding hydrogens is 542 g/mol. The zero-order chi connectivity index (χ0) is 22.3. The molecule has 166 valence electrons. The smallest absolute Gasteiger partial charge is 0.250 e. The molecule has 0 atom stereocenters. The molecule has 1 aromatic heterocycles. The minimum atomic E-state index is 0.323. The van der Waals surface area contributed by atoms with Gasteiger partial charge in [-0.2, -0.15) is 20.1 Å². The number of ether oxygens (including phenoxy) is 2. The summed E-state index contributed by atoms with van der Waals surface area (Å²) in [4.78, 5) is 15.6. The Morgan fingerprint density at radius 3 is 2.56 bits per heavy atom. The molecule has 0 saturated carbocycles. The number of anilines is 4. The van der Waals surface area contributed by atoms with Gasteiger partial charge in [0.25, 0.3) is 0 Å². The lowest BCUT2D eigenvalue weighted by molar-refractivity contribution is 0.122. The second kappa shape index (κ2) is 10.7. The van der Waals surface area contributed by atoms with Crippen LogP contribution in [0.4, 0.5) is 23.5 Å². The molecule has 0 spiro atoms. The van der Waals surface area contributed by atoms with Crippen LogP contribution in [0.3, 0.4) is 0 Å². The predicted molar refractivity (Wildman–Crippen MR) is 132 cm³/mol. The molecule has 0 aliphatic carbocycles. The number of rotatable bonds is 7. The van der Waals surface area contributed by atoms with Crippen LogP contribution >= 0.6 is 31.9 Å². The van der Waals surface area contributed by atoms with Crippen molar-refractivity contribution in [2.75, 3.05) is 49.1 Å². The fraction of sp³-hybridized carbons (Fsp3) is 0.238. The Balaban J connectivity index is 1.59. The highest BCUT2D eigenvalue weighted by Crippen LogP contribution is 2.31. The van der Waals surface area contributed by atoms with Crippen molar-refractivity contribution < 1.29 is 9.47 Å². The van der Waals surface area contributed by atoms with Crippen molar-refractivity contribution in [3.8, 4) is 5.75 Å². The molecule has 0 radical (unpaired) electrons. The Hall–Kier alpha value is -2.76. The van der Waals surface area contributed by atoms with E-state index >= 15 is 0 Å². The number of aromatic nitrogens is 3. The molecule has 0 unspecified atom stereocenters. The van der Waals surface area contributed by atoms with Crippen LogP contribution in [0.25, 0.3) is 0 Å². The van der Waals surface area contributed by atoms with Gasteiger partial charge in [-0.3, -0.25) is 0 Å². The molecule has 4 rings (SSSR count). The van der Waals surface area contributed by atoms with E-state index in [1.807, 2.05) is 42.5 Å². The lowest BCUT2D eigenvalue weighted by Crippen LogP contribution is -2.37. The van der Waals surface area contributed by atoms with E-state index in [9.17, 15) is 0 Å². The standard InChI is InChI=1S/C21H21Br2N7O2/c1-31-18-14(11-15(22)12-17(18)23)13-24-29-20-26-19(25-16-5-3-2-4-6-16)27-21(28-20)30-7-9-32-10-8-30/h2-6,11-13H,7-10H2,1H3,(H2,25,26,27,28,29)/b24-13-. The summed E-state index contributed by atoms with van der Waals surface area (Å²) in [7, 11) is 1.61. The van der Waals surface area contributed by atoms with Crippen LogP contribution in [0, 0.1) is 0 Å². The van der Waals surface area contributed by atoms with E-state index in [1.54, 1.807) is 13.3 Å². The summed E-state index contributed by atoms with van der Waals surface area (Å²) in [5, 5.41) is 7.54. The maximum atomic E-state index is 5.46. The average Bonchev–Trinajstić information content (AvgIpc) is 2.80. The molecule has 0 amide bonds. The van der Waals surface area contributed by atoms with E-state index in [4.69, 9.17) is 9.47 Å². The first-order valence-corrected chi connectivity index (χ1v) is 11.4. The van der Waals surface area contributed by atoms with Gasteiger partial charge in [0.05, 0.1) is 31.0 Å². The van der Waals surface area contributed by atoms with Gasteiger partial charge < -0.3 is 19.7 Å². The first-order chi connectivity index (χ1) is 15.6. The van der Waals surface area contributed by atoms with E-state index in [1.165, 1.54) is 0 Å². The number of hydrogen-bond donors (Lipinski definition) is 2.